The molecule has 0 aromatic carbocycles. The van der Waals surface area contributed by atoms with Crippen molar-refractivity contribution in [1.82, 2.24) is 14.8 Å². The molecule has 3 aromatic rings. The summed E-state index contributed by atoms with van der Waals surface area (Å²) in [6.07, 6.45) is 1.12. The zero-order valence-corrected chi connectivity index (χ0v) is 16.8. The summed E-state index contributed by atoms with van der Waals surface area (Å²) in [5.41, 5.74) is 5.35. The van der Waals surface area contributed by atoms with Crippen molar-refractivity contribution in [3.8, 4) is 11.3 Å². The monoisotopic (exact) mass is 374 g/mol. The Kier molecular flexibility index (Phi) is 5.06. The minimum Gasteiger partial charge on any atom is -0.302 e. The van der Waals surface area contributed by atoms with Crippen LogP contribution in [0.5, 0.6) is 0 Å². The Balaban J connectivity index is 1.63. The Hall–Kier alpha value is -1.99. The number of hydrogen-bond donors (Lipinski definition) is 1. The maximum Gasteiger partial charge on any atom is 0.226 e. The predicted octanol–water partition coefficient (Wildman–Crippen LogP) is 4.41. The highest BCUT2D eigenvalue weighted by Crippen LogP contribution is 2.32. The molecular formula is C18H22N4OS2. The van der Waals surface area contributed by atoms with Crippen LogP contribution in [0, 0.1) is 27.7 Å². The molecule has 0 aliphatic rings. The molecule has 3 heterocycles. The maximum atomic E-state index is 12.3. The SMILES string of the molecule is Cc1cc(-c2csc(NC(=O)CCc3c(C)nn(C)c3C)n2)c(C)s1. The predicted molar refractivity (Wildman–Crippen MR) is 105 cm³/mol. The Labute approximate surface area is 155 Å². The van der Waals surface area contributed by atoms with Gasteiger partial charge in [0.2, 0.25) is 5.91 Å². The summed E-state index contributed by atoms with van der Waals surface area (Å²) in [4.78, 5) is 19.4. The van der Waals surface area contributed by atoms with Gasteiger partial charge in [-0.1, -0.05) is 0 Å². The van der Waals surface area contributed by atoms with E-state index in [2.05, 4.69) is 35.3 Å². The summed E-state index contributed by atoms with van der Waals surface area (Å²) in [5, 5.41) is 9.97. The van der Waals surface area contributed by atoms with E-state index < -0.39 is 0 Å². The van der Waals surface area contributed by atoms with Gasteiger partial charge in [0, 0.05) is 39.9 Å². The number of carbonyl (C=O) groups is 1. The third-order valence-corrected chi connectivity index (χ3v) is 6.05. The molecule has 0 aliphatic heterocycles. The van der Waals surface area contributed by atoms with Gasteiger partial charge in [-0.15, -0.1) is 22.7 Å². The van der Waals surface area contributed by atoms with Gasteiger partial charge in [0.05, 0.1) is 11.4 Å². The first-order valence-electron chi connectivity index (χ1n) is 8.17. The fourth-order valence-corrected chi connectivity index (χ4v) is 4.60. The van der Waals surface area contributed by atoms with E-state index in [0.717, 1.165) is 28.2 Å². The minimum absolute atomic E-state index is 0.0122. The molecule has 7 heteroatoms. The first kappa shape index (κ1) is 17.8. The van der Waals surface area contributed by atoms with E-state index in [-0.39, 0.29) is 5.91 Å². The van der Waals surface area contributed by atoms with E-state index in [1.807, 2.05) is 31.0 Å². The Morgan fingerprint density at radius 2 is 2.04 bits per heavy atom. The topological polar surface area (TPSA) is 59.8 Å². The molecule has 0 saturated carbocycles. The summed E-state index contributed by atoms with van der Waals surface area (Å²) in [7, 11) is 1.93. The molecule has 1 amide bonds. The van der Waals surface area contributed by atoms with Gasteiger partial charge in [-0.25, -0.2) is 4.98 Å². The molecule has 0 aliphatic carbocycles. The lowest BCUT2D eigenvalue weighted by molar-refractivity contribution is -0.116. The van der Waals surface area contributed by atoms with Gasteiger partial charge < -0.3 is 5.32 Å². The average Bonchev–Trinajstić information content (AvgIpc) is 3.18. The van der Waals surface area contributed by atoms with Gasteiger partial charge in [0.1, 0.15) is 0 Å². The molecule has 0 spiro atoms. The Bertz CT molecular complexity index is 920. The van der Waals surface area contributed by atoms with Crippen LogP contribution in [0.2, 0.25) is 0 Å². The number of amides is 1. The van der Waals surface area contributed by atoms with E-state index in [1.165, 1.54) is 21.1 Å². The number of aromatic nitrogens is 3. The molecule has 3 rings (SSSR count). The molecule has 0 fully saturated rings. The number of thiazole rings is 1. The van der Waals surface area contributed by atoms with Gasteiger partial charge in [-0.3, -0.25) is 9.48 Å². The molecule has 0 atom stereocenters. The van der Waals surface area contributed by atoms with Crippen LogP contribution < -0.4 is 5.32 Å². The van der Waals surface area contributed by atoms with Crippen molar-refractivity contribution in [2.45, 2.75) is 40.5 Å². The van der Waals surface area contributed by atoms with Gasteiger partial charge in [-0.2, -0.15) is 5.10 Å². The highest BCUT2D eigenvalue weighted by Gasteiger charge is 2.14. The second-order valence-electron chi connectivity index (χ2n) is 6.19. The summed E-state index contributed by atoms with van der Waals surface area (Å²) >= 11 is 3.23. The number of nitrogens with one attached hydrogen (secondary N) is 1. The summed E-state index contributed by atoms with van der Waals surface area (Å²) in [6, 6.07) is 2.15. The molecule has 0 saturated heterocycles. The Morgan fingerprint density at radius 1 is 1.28 bits per heavy atom. The van der Waals surface area contributed by atoms with Crippen molar-refractivity contribution in [3.05, 3.63) is 38.2 Å². The summed E-state index contributed by atoms with van der Waals surface area (Å²) < 4.78 is 1.86. The molecule has 0 bridgehead atoms. The molecule has 5 nitrogen and oxygen atoms in total. The van der Waals surface area contributed by atoms with Crippen LogP contribution in [0.15, 0.2) is 11.4 Å². The summed E-state index contributed by atoms with van der Waals surface area (Å²) in [6.45, 7) is 8.21. The lowest BCUT2D eigenvalue weighted by Crippen LogP contribution is -2.12. The molecule has 0 unspecified atom stereocenters. The van der Waals surface area contributed by atoms with Crippen molar-refractivity contribution in [2.75, 3.05) is 5.32 Å². The lowest BCUT2D eigenvalue weighted by Gasteiger charge is -2.03. The molecule has 3 aromatic heterocycles. The second kappa shape index (κ2) is 7.09. The van der Waals surface area contributed by atoms with Crippen LogP contribution in [-0.2, 0) is 18.3 Å². The molecule has 0 radical (unpaired) electrons. The lowest BCUT2D eigenvalue weighted by atomic mass is 10.1. The highest BCUT2D eigenvalue weighted by molar-refractivity contribution is 7.14. The van der Waals surface area contributed by atoms with Gasteiger partial charge >= 0.3 is 0 Å². The van der Waals surface area contributed by atoms with Crippen LogP contribution in [-0.4, -0.2) is 20.7 Å². The van der Waals surface area contributed by atoms with E-state index in [4.69, 9.17) is 0 Å². The van der Waals surface area contributed by atoms with E-state index in [1.54, 1.807) is 11.3 Å². The van der Waals surface area contributed by atoms with E-state index >= 15 is 0 Å². The van der Waals surface area contributed by atoms with Crippen LogP contribution in [0.25, 0.3) is 11.3 Å². The van der Waals surface area contributed by atoms with Crippen molar-refractivity contribution in [1.29, 1.82) is 0 Å². The average molecular weight is 375 g/mol. The van der Waals surface area contributed by atoms with Crippen LogP contribution in [0.1, 0.15) is 33.1 Å². The van der Waals surface area contributed by atoms with E-state index in [9.17, 15) is 4.79 Å². The smallest absolute Gasteiger partial charge is 0.226 e. The fraction of sp³-hybridized carbons (Fsp3) is 0.389. The normalized spacial score (nSPS) is 11.1. The highest BCUT2D eigenvalue weighted by atomic mass is 32.1. The number of aryl methyl sites for hydroxylation is 4. The largest absolute Gasteiger partial charge is 0.302 e. The van der Waals surface area contributed by atoms with Crippen LogP contribution in [0.4, 0.5) is 5.13 Å². The number of thiophene rings is 1. The third-order valence-electron chi connectivity index (χ3n) is 4.33. The van der Waals surface area contributed by atoms with E-state index in [0.29, 0.717) is 18.0 Å². The van der Waals surface area contributed by atoms with Crippen LogP contribution in [0.3, 0.4) is 0 Å². The van der Waals surface area contributed by atoms with Gasteiger partial charge in [-0.05, 0) is 45.7 Å². The third kappa shape index (κ3) is 3.82. The molecular weight excluding hydrogens is 352 g/mol. The zero-order valence-electron chi connectivity index (χ0n) is 15.1. The quantitative estimate of drug-likeness (QED) is 0.719. The number of anilines is 1. The van der Waals surface area contributed by atoms with Crippen molar-refractivity contribution in [2.24, 2.45) is 7.05 Å². The molecule has 1 N–H and O–H groups in total. The van der Waals surface area contributed by atoms with Crippen molar-refractivity contribution in [3.63, 3.8) is 0 Å². The second-order valence-corrected chi connectivity index (χ2v) is 8.50. The number of nitrogens with zero attached hydrogens (tertiary/aromatic N) is 3. The first-order chi connectivity index (χ1) is 11.8. The number of rotatable bonds is 5. The van der Waals surface area contributed by atoms with Gasteiger partial charge in [0.15, 0.2) is 5.13 Å². The number of carbonyl (C=O) groups excluding carboxylic acids is 1. The fourth-order valence-electron chi connectivity index (χ4n) is 2.94. The first-order valence-corrected chi connectivity index (χ1v) is 9.86. The van der Waals surface area contributed by atoms with Crippen LogP contribution >= 0.6 is 22.7 Å². The maximum absolute atomic E-state index is 12.3. The summed E-state index contributed by atoms with van der Waals surface area (Å²) in [5.74, 6) is -0.0122. The number of hydrogen-bond acceptors (Lipinski definition) is 5. The molecule has 25 heavy (non-hydrogen) atoms. The van der Waals surface area contributed by atoms with Crippen molar-refractivity contribution >= 4 is 33.7 Å². The molecule has 132 valence electrons. The zero-order chi connectivity index (χ0) is 18.1. The standard InChI is InChI=1S/C18H22N4OS2/c1-10-8-15(13(4)25-10)16-9-24-18(19-16)20-17(23)7-6-14-11(2)21-22(5)12(14)3/h8-9H,6-7H2,1-5H3,(H,19,20,23). The minimum atomic E-state index is -0.0122. The Morgan fingerprint density at radius 3 is 2.64 bits per heavy atom. The van der Waals surface area contributed by atoms with Gasteiger partial charge in [0.25, 0.3) is 0 Å². The van der Waals surface area contributed by atoms with Crippen molar-refractivity contribution < 1.29 is 4.79 Å².